The van der Waals surface area contributed by atoms with Crippen molar-refractivity contribution in [2.45, 2.75) is 39.2 Å². The van der Waals surface area contributed by atoms with Crippen LogP contribution in [0.1, 0.15) is 33.6 Å². The molecule has 0 N–H and O–H groups in total. The molecular weight excluding hydrogens is 280 g/mol. The molecule has 0 spiro atoms. The zero-order chi connectivity index (χ0) is 15.2. The Balaban J connectivity index is 2.27. The van der Waals surface area contributed by atoms with E-state index in [2.05, 4.69) is 0 Å². The van der Waals surface area contributed by atoms with Crippen LogP contribution in [0.3, 0.4) is 0 Å². The van der Waals surface area contributed by atoms with Crippen LogP contribution in [0.5, 0.6) is 5.75 Å². The number of hydrogen-bond donors (Lipinski definition) is 0. The van der Waals surface area contributed by atoms with Gasteiger partial charge in [0.15, 0.2) is 5.78 Å². The maximum absolute atomic E-state index is 11.6. The van der Waals surface area contributed by atoms with E-state index in [1.807, 2.05) is 0 Å². The number of ether oxygens (including phenoxy) is 2. The molecule has 0 radical (unpaired) electrons. The number of benzene rings is 1. The van der Waals surface area contributed by atoms with Crippen molar-refractivity contribution >= 4 is 23.4 Å². The van der Waals surface area contributed by atoms with Crippen LogP contribution in [0.15, 0.2) is 24.3 Å². The number of hydrogen-bond acceptors (Lipinski definition) is 4. The number of esters is 1. The topological polar surface area (TPSA) is 52.6 Å². The molecular formula is C15H19ClO4. The largest absolute Gasteiger partial charge is 0.486 e. The monoisotopic (exact) mass is 298 g/mol. The van der Waals surface area contributed by atoms with E-state index in [1.165, 1.54) is 0 Å². The number of Topliss-reactive ketones (excluding diaryl/α,β-unsaturated/α-hetero) is 1. The predicted molar refractivity (Wildman–Crippen MR) is 77.0 cm³/mol. The van der Waals surface area contributed by atoms with Gasteiger partial charge in [0.25, 0.3) is 0 Å². The molecule has 5 heteroatoms. The zero-order valence-electron chi connectivity index (χ0n) is 11.9. The molecule has 0 aliphatic heterocycles. The van der Waals surface area contributed by atoms with Gasteiger partial charge >= 0.3 is 5.97 Å². The van der Waals surface area contributed by atoms with Gasteiger partial charge in [-0.2, -0.15) is 0 Å². The van der Waals surface area contributed by atoms with E-state index in [4.69, 9.17) is 21.1 Å². The van der Waals surface area contributed by atoms with E-state index < -0.39 is 5.60 Å². The summed E-state index contributed by atoms with van der Waals surface area (Å²) in [5.74, 6) is 0.0446. The first-order valence-corrected chi connectivity index (χ1v) is 6.76. The first-order valence-electron chi connectivity index (χ1n) is 6.38. The summed E-state index contributed by atoms with van der Waals surface area (Å²) in [6, 6.07) is 6.73. The van der Waals surface area contributed by atoms with Crippen molar-refractivity contribution in [3.8, 4) is 5.75 Å². The van der Waals surface area contributed by atoms with Crippen LogP contribution in [0, 0.1) is 0 Å². The third kappa shape index (κ3) is 7.14. The van der Waals surface area contributed by atoms with E-state index in [-0.39, 0.29) is 31.2 Å². The number of carbonyl (C=O) groups excluding carboxylic acids is 2. The maximum atomic E-state index is 11.6. The van der Waals surface area contributed by atoms with Crippen molar-refractivity contribution in [3.05, 3.63) is 29.3 Å². The summed E-state index contributed by atoms with van der Waals surface area (Å²) in [5, 5.41) is 0.605. The van der Waals surface area contributed by atoms with E-state index in [0.29, 0.717) is 10.8 Å². The van der Waals surface area contributed by atoms with Crippen molar-refractivity contribution in [2.75, 3.05) is 6.61 Å². The van der Waals surface area contributed by atoms with Crippen LogP contribution in [0.4, 0.5) is 0 Å². The normalized spacial score (nSPS) is 11.0. The van der Waals surface area contributed by atoms with Crippen LogP contribution in [-0.4, -0.2) is 24.0 Å². The highest BCUT2D eigenvalue weighted by Crippen LogP contribution is 2.15. The number of ketones is 1. The highest BCUT2D eigenvalue weighted by atomic mass is 35.5. The zero-order valence-corrected chi connectivity index (χ0v) is 12.7. The molecule has 0 atom stereocenters. The summed E-state index contributed by atoms with van der Waals surface area (Å²) in [5.41, 5.74) is -0.528. The molecule has 0 aliphatic carbocycles. The first kappa shape index (κ1) is 16.5. The number of carbonyl (C=O) groups is 2. The molecule has 0 heterocycles. The smallest absolute Gasteiger partial charge is 0.306 e. The molecule has 0 fully saturated rings. The second kappa shape index (κ2) is 7.29. The molecule has 0 aliphatic rings. The summed E-state index contributed by atoms with van der Waals surface area (Å²) < 4.78 is 10.4. The molecule has 1 aromatic carbocycles. The average molecular weight is 299 g/mol. The van der Waals surface area contributed by atoms with Gasteiger partial charge in [-0.25, -0.2) is 0 Å². The van der Waals surface area contributed by atoms with Gasteiger partial charge in [-0.05, 0) is 45.0 Å². The van der Waals surface area contributed by atoms with Crippen molar-refractivity contribution in [1.29, 1.82) is 0 Å². The second-order valence-electron chi connectivity index (χ2n) is 5.37. The fourth-order valence-electron chi connectivity index (χ4n) is 1.40. The molecule has 0 unspecified atom stereocenters. The summed E-state index contributed by atoms with van der Waals surface area (Å²) in [6.07, 6.45) is 0.183. The van der Waals surface area contributed by atoms with Crippen LogP contribution >= 0.6 is 11.6 Å². The Kier molecular flexibility index (Phi) is 6.02. The van der Waals surface area contributed by atoms with Crippen LogP contribution in [0.2, 0.25) is 5.02 Å². The van der Waals surface area contributed by atoms with Crippen LogP contribution < -0.4 is 4.74 Å². The Morgan fingerprint density at radius 1 is 1.10 bits per heavy atom. The Bertz CT molecular complexity index is 460. The highest BCUT2D eigenvalue weighted by molar-refractivity contribution is 6.30. The van der Waals surface area contributed by atoms with Gasteiger partial charge < -0.3 is 9.47 Å². The van der Waals surface area contributed by atoms with Gasteiger partial charge in [-0.1, -0.05) is 11.6 Å². The lowest BCUT2D eigenvalue weighted by molar-refractivity contribution is -0.155. The van der Waals surface area contributed by atoms with Crippen molar-refractivity contribution < 1.29 is 19.1 Å². The Labute approximate surface area is 124 Å². The standard InChI is InChI=1S/C15H19ClO4/c1-15(2,3)20-14(18)9-6-12(17)10-19-13-7-4-11(16)5-8-13/h4-5,7-8H,6,9-10H2,1-3H3. The lowest BCUT2D eigenvalue weighted by atomic mass is 10.2. The summed E-state index contributed by atoms with van der Waals surface area (Å²) in [4.78, 5) is 23.0. The molecule has 110 valence electrons. The number of halogens is 1. The average Bonchev–Trinajstić information content (AvgIpc) is 2.33. The third-order valence-corrected chi connectivity index (χ3v) is 2.49. The predicted octanol–water partition coefficient (Wildman–Crippen LogP) is 3.41. The van der Waals surface area contributed by atoms with Gasteiger partial charge in [0.2, 0.25) is 0 Å². The summed E-state index contributed by atoms with van der Waals surface area (Å²) in [6.45, 7) is 5.30. The molecule has 20 heavy (non-hydrogen) atoms. The van der Waals surface area contributed by atoms with Gasteiger partial charge in [0, 0.05) is 11.4 Å². The Morgan fingerprint density at radius 3 is 2.25 bits per heavy atom. The molecule has 0 bridgehead atoms. The lowest BCUT2D eigenvalue weighted by Crippen LogP contribution is -2.24. The first-order chi connectivity index (χ1) is 9.26. The quantitative estimate of drug-likeness (QED) is 0.755. The summed E-state index contributed by atoms with van der Waals surface area (Å²) >= 11 is 5.74. The molecule has 1 rings (SSSR count). The van der Waals surface area contributed by atoms with Crippen molar-refractivity contribution in [2.24, 2.45) is 0 Å². The fourth-order valence-corrected chi connectivity index (χ4v) is 1.53. The molecule has 4 nitrogen and oxygen atoms in total. The van der Waals surface area contributed by atoms with Crippen molar-refractivity contribution in [3.63, 3.8) is 0 Å². The summed E-state index contributed by atoms with van der Waals surface area (Å²) in [7, 11) is 0. The van der Waals surface area contributed by atoms with E-state index in [1.54, 1.807) is 45.0 Å². The van der Waals surface area contributed by atoms with Gasteiger partial charge in [-0.3, -0.25) is 9.59 Å². The Morgan fingerprint density at radius 2 is 1.70 bits per heavy atom. The molecule has 0 saturated carbocycles. The van der Waals surface area contributed by atoms with Crippen LogP contribution in [-0.2, 0) is 14.3 Å². The van der Waals surface area contributed by atoms with Gasteiger partial charge in [-0.15, -0.1) is 0 Å². The van der Waals surface area contributed by atoms with E-state index >= 15 is 0 Å². The fraction of sp³-hybridized carbons (Fsp3) is 0.467. The number of rotatable bonds is 6. The second-order valence-corrected chi connectivity index (χ2v) is 5.80. The SMILES string of the molecule is CC(C)(C)OC(=O)CCC(=O)COc1ccc(Cl)cc1. The lowest BCUT2D eigenvalue weighted by Gasteiger charge is -2.19. The van der Waals surface area contributed by atoms with Gasteiger partial charge in [0.1, 0.15) is 18.0 Å². The molecule has 0 saturated heterocycles. The van der Waals surface area contributed by atoms with Crippen molar-refractivity contribution in [1.82, 2.24) is 0 Å². The third-order valence-electron chi connectivity index (χ3n) is 2.24. The molecule has 1 aromatic rings. The molecule has 0 aromatic heterocycles. The van der Waals surface area contributed by atoms with Crippen LogP contribution in [0.25, 0.3) is 0 Å². The van der Waals surface area contributed by atoms with E-state index in [9.17, 15) is 9.59 Å². The minimum atomic E-state index is -0.528. The van der Waals surface area contributed by atoms with E-state index in [0.717, 1.165) is 0 Å². The van der Waals surface area contributed by atoms with Gasteiger partial charge in [0.05, 0.1) is 6.42 Å². The minimum absolute atomic E-state index is 0.0650. The highest BCUT2D eigenvalue weighted by Gasteiger charge is 2.17. The molecule has 0 amide bonds. The Hall–Kier alpha value is -1.55. The minimum Gasteiger partial charge on any atom is -0.486 e. The maximum Gasteiger partial charge on any atom is 0.306 e.